The number of carbonyl (C=O) groups excluding carboxylic acids is 1. The van der Waals surface area contributed by atoms with Crippen molar-refractivity contribution in [2.24, 2.45) is 0 Å². The van der Waals surface area contributed by atoms with Gasteiger partial charge in [0.25, 0.3) is 0 Å². The van der Waals surface area contributed by atoms with Crippen LogP contribution < -0.4 is 0 Å². The SMILES string of the molecule is CC(=O)C1O[C@@](C)(O)C(C)(O)C(C)(O)[C@]1(C)O. The van der Waals surface area contributed by atoms with Crippen molar-refractivity contribution in [3.8, 4) is 0 Å². The molecule has 0 aliphatic carbocycles. The molecule has 1 aliphatic rings. The fraction of sp³-hybridized carbons (Fsp3) is 0.909. The zero-order chi connectivity index (χ0) is 13.9. The maximum absolute atomic E-state index is 11.4. The van der Waals surface area contributed by atoms with Crippen molar-refractivity contribution in [3.63, 3.8) is 0 Å². The van der Waals surface area contributed by atoms with Crippen molar-refractivity contribution in [1.82, 2.24) is 0 Å². The molecule has 0 radical (unpaired) electrons. The van der Waals surface area contributed by atoms with E-state index in [0.29, 0.717) is 0 Å². The topological polar surface area (TPSA) is 107 Å². The third kappa shape index (κ3) is 1.63. The molecule has 5 atom stereocenters. The molecule has 0 bridgehead atoms. The standard InChI is InChI=1S/C11H20O6/c1-6(12)7-8(2,13)9(3,14)10(4,15)11(5,16)17-7/h7,13-16H,1-5H3/t7?,8-,9?,10?,11-/m1/s1. The highest BCUT2D eigenvalue weighted by Gasteiger charge is 2.70. The van der Waals surface area contributed by atoms with Gasteiger partial charge in [0.2, 0.25) is 0 Å². The first kappa shape index (κ1) is 14.5. The summed E-state index contributed by atoms with van der Waals surface area (Å²) in [5.74, 6) is -2.71. The summed E-state index contributed by atoms with van der Waals surface area (Å²) < 4.78 is 5.05. The molecule has 100 valence electrons. The van der Waals surface area contributed by atoms with E-state index in [1.54, 1.807) is 0 Å². The van der Waals surface area contributed by atoms with Crippen molar-refractivity contribution < 1.29 is 30.0 Å². The molecule has 1 heterocycles. The van der Waals surface area contributed by atoms with Crippen LogP contribution in [-0.4, -0.2) is 54.9 Å². The molecule has 6 heteroatoms. The van der Waals surface area contributed by atoms with Gasteiger partial charge in [-0.15, -0.1) is 0 Å². The number of hydrogen-bond acceptors (Lipinski definition) is 6. The minimum Gasteiger partial charge on any atom is -0.384 e. The first-order chi connectivity index (χ1) is 7.29. The molecule has 6 nitrogen and oxygen atoms in total. The molecule has 0 aromatic heterocycles. The summed E-state index contributed by atoms with van der Waals surface area (Å²) in [7, 11) is 0. The summed E-state index contributed by atoms with van der Waals surface area (Å²) in [4.78, 5) is 11.4. The van der Waals surface area contributed by atoms with Gasteiger partial charge < -0.3 is 25.2 Å². The van der Waals surface area contributed by atoms with Gasteiger partial charge in [0, 0.05) is 0 Å². The smallest absolute Gasteiger partial charge is 0.195 e. The molecule has 0 aromatic carbocycles. The highest BCUT2D eigenvalue weighted by Crippen LogP contribution is 2.48. The second-order valence-corrected chi connectivity index (χ2v) is 5.38. The summed E-state index contributed by atoms with van der Waals surface area (Å²) in [5, 5.41) is 40.7. The van der Waals surface area contributed by atoms with E-state index in [1.807, 2.05) is 0 Å². The van der Waals surface area contributed by atoms with Crippen molar-refractivity contribution in [2.45, 2.75) is 63.3 Å². The lowest BCUT2D eigenvalue weighted by Gasteiger charge is -2.59. The summed E-state index contributed by atoms with van der Waals surface area (Å²) in [6.07, 6.45) is -1.42. The average molecular weight is 248 g/mol. The van der Waals surface area contributed by atoms with E-state index < -0.39 is 34.5 Å². The molecule has 0 aromatic rings. The Hall–Kier alpha value is -0.530. The van der Waals surface area contributed by atoms with Gasteiger partial charge in [-0.2, -0.15) is 0 Å². The molecule has 0 spiro atoms. The first-order valence-corrected chi connectivity index (χ1v) is 5.37. The van der Waals surface area contributed by atoms with Gasteiger partial charge in [-0.3, -0.25) is 4.79 Å². The van der Waals surface area contributed by atoms with Gasteiger partial charge in [0.1, 0.15) is 16.8 Å². The van der Waals surface area contributed by atoms with Crippen LogP contribution in [0.4, 0.5) is 0 Å². The van der Waals surface area contributed by atoms with Gasteiger partial charge >= 0.3 is 0 Å². The molecule has 1 aliphatic heterocycles. The Balaban J connectivity index is 3.39. The lowest BCUT2D eigenvalue weighted by Crippen LogP contribution is -2.81. The van der Waals surface area contributed by atoms with Crippen LogP contribution in [0, 0.1) is 0 Å². The number of ether oxygens (including phenoxy) is 1. The number of carbonyl (C=O) groups is 1. The van der Waals surface area contributed by atoms with Crippen LogP contribution in [-0.2, 0) is 9.53 Å². The van der Waals surface area contributed by atoms with Gasteiger partial charge in [0.05, 0.1) is 0 Å². The van der Waals surface area contributed by atoms with Crippen LogP contribution in [0.25, 0.3) is 0 Å². The number of hydrogen-bond donors (Lipinski definition) is 4. The second-order valence-electron chi connectivity index (χ2n) is 5.38. The van der Waals surface area contributed by atoms with E-state index in [2.05, 4.69) is 0 Å². The zero-order valence-electron chi connectivity index (χ0n) is 10.7. The maximum atomic E-state index is 11.4. The Kier molecular flexibility index (Phi) is 2.98. The minimum absolute atomic E-state index is 0.550. The predicted molar refractivity (Wildman–Crippen MR) is 58.0 cm³/mol. The largest absolute Gasteiger partial charge is 0.384 e. The van der Waals surface area contributed by atoms with E-state index in [4.69, 9.17) is 4.74 Å². The number of Topliss-reactive ketones (excluding diaryl/α,β-unsaturated/α-hetero) is 1. The quantitative estimate of drug-likeness (QED) is 0.471. The Labute approximate surface area is 99.8 Å². The average Bonchev–Trinajstić information content (AvgIpc) is 2.11. The molecular formula is C11H20O6. The summed E-state index contributed by atoms with van der Waals surface area (Å²) in [6.45, 7) is 5.78. The van der Waals surface area contributed by atoms with Crippen molar-refractivity contribution in [3.05, 3.63) is 0 Å². The zero-order valence-corrected chi connectivity index (χ0v) is 10.7. The van der Waals surface area contributed by atoms with Crippen molar-refractivity contribution >= 4 is 5.78 Å². The van der Waals surface area contributed by atoms with E-state index >= 15 is 0 Å². The maximum Gasteiger partial charge on any atom is 0.195 e. The molecule has 3 unspecified atom stereocenters. The Bertz CT molecular complexity index is 342. The number of rotatable bonds is 1. The second kappa shape index (κ2) is 3.49. The summed E-state index contributed by atoms with van der Waals surface area (Å²) in [5.41, 5.74) is -6.29. The van der Waals surface area contributed by atoms with Gasteiger partial charge in [-0.05, 0) is 34.6 Å². The Morgan fingerprint density at radius 1 is 1.00 bits per heavy atom. The molecule has 17 heavy (non-hydrogen) atoms. The lowest BCUT2D eigenvalue weighted by molar-refractivity contribution is -0.414. The predicted octanol–water partition coefficient (Wildman–Crippen LogP) is -1.06. The van der Waals surface area contributed by atoms with Crippen LogP contribution in [0.1, 0.15) is 34.6 Å². The fourth-order valence-electron chi connectivity index (χ4n) is 2.14. The van der Waals surface area contributed by atoms with Gasteiger partial charge in [-0.25, -0.2) is 0 Å². The summed E-state index contributed by atoms with van der Waals surface area (Å²) >= 11 is 0. The van der Waals surface area contributed by atoms with Crippen LogP contribution >= 0.6 is 0 Å². The van der Waals surface area contributed by atoms with Gasteiger partial charge in [0.15, 0.2) is 17.7 Å². The molecular weight excluding hydrogens is 228 g/mol. The molecule has 1 saturated heterocycles. The number of ketones is 1. The number of aliphatic hydroxyl groups is 4. The highest BCUT2D eigenvalue weighted by molar-refractivity contribution is 5.82. The Morgan fingerprint density at radius 3 is 1.76 bits per heavy atom. The summed E-state index contributed by atoms with van der Waals surface area (Å²) in [6, 6.07) is 0. The molecule has 1 rings (SSSR count). The molecule has 1 fully saturated rings. The Morgan fingerprint density at radius 2 is 1.41 bits per heavy atom. The first-order valence-electron chi connectivity index (χ1n) is 5.37. The van der Waals surface area contributed by atoms with E-state index in [1.165, 1.54) is 13.8 Å². The highest BCUT2D eigenvalue weighted by atomic mass is 16.7. The van der Waals surface area contributed by atoms with Crippen LogP contribution in [0.3, 0.4) is 0 Å². The van der Waals surface area contributed by atoms with Crippen molar-refractivity contribution in [2.75, 3.05) is 0 Å². The van der Waals surface area contributed by atoms with E-state index in [-0.39, 0.29) is 0 Å². The van der Waals surface area contributed by atoms with Crippen molar-refractivity contribution in [1.29, 1.82) is 0 Å². The van der Waals surface area contributed by atoms with E-state index in [0.717, 1.165) is 20.8 Å². The normalized spacial score (nSPS) is 55.7. The molecule has 0 amide bonds. The van der Waals surface area contributed by atoms with E-state index in [9.17, 15) is 25.2 Å². The minimum atomic E-state index is -2.16. The van der Waals surface area contributed by atoms with Gasteiger partial charge in [-0.1, -0.05) is 0 Å². The third-order valence-electron chi connectivity index (χ3n) is 4.06. The van der Waals surface area contributed by atoms with Crippen LogP contribution in [0.2, 0.25) is 0 Å². The monoisotopic (exact) mass is 248 g/mol. The molecule has 0 saturated carbocycles. The molecule has 4 N–H and O–H groups in total. The van der Waals surface area contributed by atoms with Crippen LogP contribution in [0.5, 0.6) is 0 Å². The third-order valence-corrected chi connectivity index (χ3v) is 4.06. The van der Waals surface area contributed by atoms with Crippen LogP contribution in [0.15, 0.2) is 0 Å². The fourth-order valence-corrected chi connectivity index (χ4v) is 2.14. The lowest BCUT2D eigenvalue weighted by atomic mass is 9.64.